The minimum Gasteiger partial charge on any atom is -0.337 e. The van der Waals surface area contributed by atoms with Crippen LogP contribution in [0.1, 0.15) is 35.3 Å². The van der Waals surface area contributed by atoms with E-state index in [-0.39, 0.29) is 11.7 Å². The van der Waals surface area contributed by atoms with Gasteiger partial charge in [0.2, 0.25) is 0 Å². The zero-order valence-electron chi connectivity index (χ0n) is 12.4. The number of carbonyl (C=O) groups is 1. The summed E-state index contributed by atoms with van der Waals surface area (Å²) in [6.07, 6.45) is 4.02. The maximum absolute atomic E-state index is 13.2. The van der Waals surface area contributed by atoms with E-state index in [0.29, 0.717) is 11.6 Å². The average molecular weight is 318 g/mol. The third-order valence-electron chi connectivity index (χ3n) is 4.19. The Labute approximate surface area is 133 Å². The number of aryl methyl sites for hydroxylation is 1. The lowest BCUT2D eigenvalue weighted by molar-refractivity contribution is 0.0663. The standard InChI is InChI=1S/C17H19FN2OS/c18-15-5-1-3-13(9-15)6-7-14-4-2-8-20(10-14)17(21)16-11-22-12-19-16/h1,3,5,9,11-12,14H,2,4,6-8,10H2. The summed E-state index contributed by atoms with van der Waals surface area (Å²) in [7, 11) is 0. The number of hydrogen-bond acceptors (Lipinski definition) is 3. The van der Waals surface area contributed by atoms with Gasteiger partial charge in [0.15, 0.2) is 0 Å². The summed E-state index contributed by atoms with van der Waals surface area (Å²) in [5, 5.41) is 1.80. The fourth-order valence-corrected chi connectivity index (χ4v) is 3.55. The highest BCUT2D eigenvalue weighted by Gasteiger charge is 2.25. The molecule has 5 heteroatoms. The maximum Gasteiger partial charge on any atom is 0.273 e. The molecule has 0 bridgehead atoms. The molecule has 0 radical (unpaired) electrons. The number of piperidine rings is 1. The molecule has 1 aromatic carbocycles. The van der Waals surface area contributed by atoms with Gasteiger partial charge in [-0.15, -0.1) is 11.3 Å². The molecule has 1 saturated heterocycles. The van der Waals surface area contributed by atoms with Gasteiger partial charge in [-0.05, 0) is 49.3 Å². The highest BCUT2D eigenvalue weighted by atomic mass is 32.1. The van der Waals surface area contributed by atoms with Crippen molar-refractivity contribution in [1.29, 1.82) is 0 Å². The normalized spacial score (nSPS) is 18.4. The van der Waals surface area contributed by atoms with E-state index in [2.05, 4.69) is 4.98 Å². The maximum atomic E-state index is 13.2. The number of carbonyl (C=O) groups excluding carboxylic acids is 1. The molecule has 1 atom stereocenters. The molecular weight excluding hydrogens is 299 g/mol. The summed E-state index contributed by atoms with van der Waals surface area (Å²) in [5.74, 6) is 0.345. The van der Waals surface area contributed by atoms with Crippen LogP contribution in [0.2, 0.25) is 0 Å². The zero-order chi connectivity index (χ0) is 15.4. The van der Waals surface area contributed by atoms with Crippen LogP contribution >= 0.6 is 11.3 Å². The first kappa shape index (κ1) is 15.2. The number of rotatable bonds is 4. The van der Waals surface area contributed by atoms with Gasteiger partial charge in [-0.1, -0.05) is 12.1 Å². The first-order valence-electron chi connectivity index (χ1n) is 7.64. The lowest BCUT2D eigenvalue weighted by atomic mass is 9.91. The van der Waals surface area contributed by atoms with E-state index in [9.17, 15) is 9.18 Å². The van der Waals surface area contributed by atoms with Crippen molar-refractivity contribution in [3.63, 3.8) is 0 Å². The Kier molecular flexibility index (Phi) is 4.83. The molecule has 0 spiro atoms. The van der Waals surface area contributed by atoms with E-state index >= 15 is 0 Å². The van der Waals surface area contributed by atoms with Crippen LogP contribution in [-0.2, 0) is 6.42 Å². The highest BCUT2D eigenvalue weighted by molar-refractivity contribution is 7.07. The molecule has 0 N–H and O–H groups in total. The SMILES string of the molecule is O=C(c1cscn1)N1CCCC(CCc2cccc(F)c2)C1. The van der Waals surface area contributed by atoms with E-state index in [4.69, 9.17) is 0 Å². The summed E-state index contributed by atoms with van der Waals surface area (Å²) in [4.78, 5) is 18.4. The number of benzene rings is 1. The summed E-state index contributed by atoms with van der Waals surface area (Å²) in [6.45, 7) is 1.60. The Morgan fingerprint density at radius 2 is 2.36 bits per heavy atom. The Morgan fingerprint density at radius 1 is 1.45 bits per heavy atom. The van der Waals surface area contributed by atoms with Gasteiger partial charge >= 0.3 is 0 Å². The summed E-state index contributed by atoms with van der Waals surface area (Å²) in [6, 6.07) is 6.78. The average Bonchev–Trinajstić information content (AvgIpc) is 3.07. The molecule has 2 heterocycles. The molecule has 22 heavy (non-hydrogen) atoms. The van der Waals surface area contributed by atoms with Gasteiger partial charge in [-0.2, -0.15) is 0 Å². The van der Waals surface area contributed by atoms with Gasteiger partial charge < -0.3 is 4.90 Å². The second-order valence-electron chi connectivity index (χ2n) is 5.80. The van der Waals surface area contributed by atoms with Crippen LogP contribution in [-0.4, -0.2) is 28.9 Å². The third kappa shape index (κ3) is 3.71. The molecule has 116 valence electrons. The number of aromatic nitrogens is 1. The molecule has 0 saturated carbocycles. The van der Waals surface area contributed by atoms with Crippen molar-refractivity contribution in [2.45, 2.75) is 25.7 Å². The first-order chi connectivity index (χ1) is 10.7. The van der Waals surface area contributed by atoms with Crippen molar-refractivity contribution in [2.24, 2.45) is 5.92 Å². The Hall–Kier alpha value is -1.75. The number of thiazole rings is 1. The molecule has 1 fully saturated rings. The number of nitrogens with zero attached hydrogens (tertiary/aromatic N) is 2. The van der Waals surface area contributed by atoms with Gasteiger partial charge in [0.05, 0.1) is 5.51 Å². The molecular formula is C17H19FN2OS. The topological polar surface area (TPSA) is 33.2 Å². The van der Waals surface area contributed by atoms with E-state index < -0.39 is 0 Å². The predicted molar refractivity (Wildman–Crippen MR) is 85.5 cm³/mol. The minimum atomic E-state index is -0.179. The van der Waals surface area contributed by atoms with Gasteiger partial charge in [-0.25, -0.2) is 9.37 Å². The summed E-state index contributed by atoms with van der Waals surface area (Å²) in [5.41, 5.74) is 3.28. The molecule has 1 aliphatic heterocycles. The second-order valence-corrected chi connectivity index (χ2v) is 6.52. The molecule has 1 aliphatic rings. The summed E-state index contributed by atoms with van der Waals surface area (Å²) >= 11 is 1.45. The van der Waals surface area contributed by atoms with Crippen molar-refractivity contribution in [1.82, 2.24) is 9.88 Å². The van der Waals surface area contributed by atoms with Crippen molar-refractivity contribution < 1.29 is 9.18 Å². The summed E-state index contributed by atoms with van der Waals surface area (Å²) < 4.78 is 13.2. The van der Waals surface area contributed by atoms with Crippen molar-refractivity contribution in [3.8, 4) is 0 Å². The lowest BCUT2D eigenvalue weighted by Crippen LogP contribution is -2.40. The number of hydrogen-bond donors (Lipinski definition) is 0. The number of likely N-dealkylation sites (tertiary alicyclic amines) is 1. The Balaban J connectivity index is 1.55. The predicted octanol–water partition coefficient (Wildman–Crippen LogP) is 3.77. The molecule has 3 rings (SSSR count). The minimum absolute atomic E-state index is 0.0386. The van der Waals surface area contributed by atoms with Crippen LogP contribution in [0.15, 0.2) is 35.2 Å². The van der Waals surface area contributed by atoms with Crippen molar-refractivity contribution in [3.05, 3.63) is 52.2 Å². The molecule has 3 nitrogen and oxygen atoms in total. The van der Waals surface area contributed by atoms with Crippen LogP contribution in [0.25, 0.3) is 0 Å². The van der Waals surface area contributed by atoms with Gasteiger partial charge in [0.1, 0.15) is 11.5 Å². The number of amides is 1. The monoisotopic (exact) mass is 318 g/mol. The zero-order valence-corrected chi connectivity index (χ0v) is 13.2. The van der Waals surface area contributed by atoms with Crippen molar-refractivity contribution in [2.75, 3.05) is 13.1 Å². The molecule has 1 unspecified atom stereocenters. The van der Waals surface area contributed by atoms with Crippen LogP contribution in [0.4, 0.5) is 4.39 Å². The molecule has 2 aromatic rings. The largest absolute Gasteiger partial charge is 0.337 e. The van der Waals surface area contributed by atoms with Gasteiger partial charge in [-0.3, -0.25) is 4.79 Å². The van der Waals surface area contributed by atoms with E-state index in [1.807, 2.05) is 11.0 Å². The van der Waals surface area contributed by atoms with Crippen molar-refractivity contribution >= 4 is 17.2 Å². The second kappa shape index (κ2) is 7.01. The molecule has 0 aliphatic carbocycles. The van der Waals surface area contributed by atoms with Gasteiger partial charge in [0.25, 0.3) is 5.91 Å². The lowest BCUT2D eigenvalue weighted by Gasteiger charge is -2.32. The third-order valence-corrected chi connectivity index (χ3v) is 4.77. The Bertz CT molecular complexity index is 629. The van der Waals surface area contributed by atoms with Crippen LogP contribution in [0.3, 0.4) is 0 Å². The first-order valence-corrected chi connectivity index (χ1v) is 8.58. The molecule has 1 amide bonds. The smallest absolute Gasteiger partial charge is 0.273 e. The number of halogens is 1. The molecule has 1 aromatic heterocycles. The van der Waals surface area contributed by atoms with E-state index in [1.54, 1.807) is 23.0 Å². The fourth-order valence-electron chi connectivity index (χ4n) is 3.03. The van der Waals surface area contributed by atoms with Crippen LogP contribution in [0.5, 0.6) is 0 Å². The Morgan fingerprint density at radius 3 is 3.14 bits per heavy atom. The fraction of sp³-hybridized carbons (Fsp3) is 0.412. The van der Waals surface area contributed by atoms with Crippen LogP contribution in [0, 0.1) is 11.7 Å². The van der Waals surface area contributed by atoms with E-state index in [1.165, 1.54) is 17.4 Å². The van der Waals surface area contributed by atoms with Gasteiger partial charge in [0, 0.05) is 18.5 Å². The highest BCUT2D eigenvalue weighted by Crippen LogP contribution is 2.23. The van der Waals surface area contributed by atoms with E-state index in [0.717, 1.165) is 44.3 Å². The quantitative estimate of drug-likeness (QED) is 0.860. The van der Waals surface area contributed by atoms with Crippen LogP contribution < -0.4 is 0 Å².